The van der Waals surface area contributed by atoms with Crippen molar-refractivity contribution in [3.05, 3.63) is 55.1 Å². The monoisotopic (exact) mass is 270 g/mol. The van der Waals surface area contributed by atoms with E-state index in [1.165, 1.54) is 11.3 Å². The number of carbonyl (C=O) groups excluding carboxylic acids is 1. The molecule has 1 aliphatic rings. The third-order valence-electron chi connectivity index (χ3n) is 3.68. The third kappa shape index (κ3) is 2.93. The maximum atomic E-state index is 12.4. The Balaban J connectivity index is 2.09. The van der Waals surface area contributed by atoms with E-state index in [0.29, 0.717) is 25.6 Å². The highest BCUT2D eigenvalue weighted by molar-refractivity contribution is 5.83. The Morgan fingerprint density at radius 1 is 1.35 bits per heavy atom. The molecule has 1 amide bonds. The number of benzene rings is 1. The first kappa shape index (κ1) is 14.4. The van der Waals surface area contributed by atoms with Crippen LogP contribution in [0.15, 0.2) is 49.6 Å². The molecule has 2 rings (SSSR count). The van der Waals surface area contributed by atoms with Gasteiger partial charge in [0, 0.05) is 31.2 Å². The van der Waals surface area contributed by atoms with Crippen molar-refractivity contribution in [3.63, 3.8) is 0 Å². The molecule has 0 N–H and O–H groups in total. The Kier molecular flexibility index (Phi) is 4.61. The lowest BCUT2D eigenvalue weighted by atomic mass is 10.0. The van der Waals surface area contributed by atoms with Crippen LogP contribution in [0.5, 0.6) is 0 Å². The summed E-state index contributed by atoms with van der Waals surface area (Å²) in [6.45, 7) is 12.1. The highest BCUT2D eigenvalue weighted by atomic mass is 16.2. The minimum atomic E-state index is 0.119. The van der Waals surface area contributed by atoms with Crippen LogP contribution in [-0.4, -0.2) is 37.0 Å². The zero-order chi connectivity index (χ0) is 14.5. The van der Waals surface area contributed by atoms with Crippen LogP contribution in [0.3, 0.4) is 0 Å². The standard InChI is InChI=1S/C17H22N2O/c1-4-10-18(11-5-2)17(20)13-19-12-14(3)15-8-6-7-9-16(15)19/h4-9,14H,1-2,10-13H2,3H3. The number of amides is 1. The number of nitrogens with zero attached hydrogens (tertiary/aromatic N) is 2. The molecule has 1 aromatic rings. The topological polar surface area (TPSA) is 23.6 Å². The highest BCUT2D eigenvalue weighted by Crippen LogP contribution is 2.35. The second-order valence-electron chi connectivity index (χ2n) is 5.22. The van der Waals surface area contributed by atoms with E-state index in [0.717, 1.165) is 6.54 Å². The molecule has 1 atom stereocenters. The van der Waals surface area contributed by atoms with Crippen LogP contribution in [0.25, 0.3) is 0 Å². The zero-order valence-corrected chi connectivity index (χ0v) is 12.1. The van der Waals surface area contributed by atoms with Crippen molar-refractivity contribution in [1.29, 1.82) is 0 Å². The van der Waals surface area contributed by atoms with Crippen LogP contribution in [0, 0.1) is 0 Å². The summed E-state index contributed by atoms with van der Waals surface area (Å²) >= 11 is 0. The molecule has 1 aliphatic heterocycles. The minimum absolute atomic E-state index is 0.119. The number of carbonyl (C=O) groups is 1. The second kappa shape index (κ2) is 6.42. The first-order valence-electron chi connectivity index (χ1n) is 7.00. The van der Waals surface area contributed by atoms with Crippen molar-refractivity contribution in [2.75, 3.05) is 31.1 Å². The minimum Gasteiger partial charge on any atom is -0.361 e. The fraction of sp³-hybridized carbons (Fsp3) is 0.353. The molecule has 0 radical (unpaired) electrons. The number of para-hydroxylation sites is 1. The first-order valence-corrected chi connectivity index (χ1v) is 7.00. The Morgan fingerprint density at radius 3 is 2.65 bits per heavy atom. The summed E-state index contributed by atoms with van der Waals surface area (Å²) in [5.41, 5.74) is 2.52. The van der Waals surface area contributed by atoms with Gasteiger partial charge in [0.2, 0.25) is 5.91 Å². The Hall–Kier alpha value is -2.03. The summed E-state index contributed by atoms with van der Waals surface area (Å²) in [6.07, 6.45) is 3.50. The van der Waals surface area contributed by atoms with Crippen LogP contribution in [0.4, 0.5) is 5.69 Å². The van der Waals surface area contributed by atoms with Crippen LogP contribution >= 0.6 is 0 Å². The molecule has 0 saturated carbocycles. The van der Waals surface area contributed by atoms with E-state index in [4.69, 9.17) is 0 Å². The molecule has 0 fully saturated rings. The van der Waals surface area contributed by atoms with E-state index in [2.05, 4.69) is 43.2 Å². The number of hydrogen-bond acceptors (Lipinski definition) is 2. The van der Waals surface area contributed by atoms with Crippen LogP contribution in [-0.2, 0) is 4.79 Å². The van der Waals surface area contributed by atoms with E-state index in [1.807, 2.05) is 6.07 Å². The lowest BCUT2D eigenvalue weighted by Gasteiger charge is -2.25. The van der Waals surface area contributed by atoms with Crippen molar-refractivity contribution < 1.29 is 4.79 Å². The molecule has 1 unspecified atom stereocenters. The van der Waals surface area contributed by atoms with E-state index >= 15 is 0 Å². The highest BCUT2D eigenvalue weighted by Gasteiger charge is 2.27. The predicted molar refractivity (Wildman–Crippen MR) is 84.0 cm³/mol. The van der Waals surface area contributed by atoms with Crippen LogP contribution < -0.4 is 4.90 Å². The molecule has 0 bridgehead atoms. The zero-order valence-electron chi connectivity index (χ0n) is 12.1. The molecular formula is C17H22N2O. The summed E-state index contributed by atoms with van der Waals surface area (Å²) < 4.78 is 0. The lowest BCUT2D eigenvalue weighted by Crippen LogP contribution is -2.40. The van der Waals surface area contributed by atoms with Crippen LogP contribution in [0.2, 0.25) is 0 Å². The van der Waals surface area contributed by atoms with Crippen molar-refractivity contribution in [1.82, 2.24) is 4.90 Å². The van der Waals surface area contributed by atoms with Gasteiger partial charge >= 0.3 is 0 Å². The molecule has 1 aromatic carbocycles. The van der Waals surface area contributed by atoms with Gasteiger partial charge in [0.05, 0.1) is 6.54 Å². The Labute approximate surface area is 121 Å². The quantitative estimate of drug-likeness (QED) is 0.742. The SMILES string of the molecule is C=CCN(CC=C)C(=O)CN1CC(C)c2ccccc21. The average Bonchev–Trinajstić information content (AvgIpc) is 2.76. The molecule has 0 saturated heterocycles. The maximum Gasteiger partial charge on any atom is 0.242 e. The van der Waals surface area contributed by atoms with Gasteiger partial charge in [-0.2, -0.15) is 0 Å². The third-order valence-corrected chi connectivity index (χ3v) is 3.68. The number of rotatable bonds is 6. The molecule has 20 heavy (non-hydrogen) atoms. The van der Waals surface area contributed by atoms with Gasteiger partial charge in [0.1, 0.15) is 0 Å². The van der Waals surface area contributed by atoms with Gasteiger partial charge in [0.15, 0.2) is 0 Å². The fourth-order valence-electron chi connectivity index (χ4n) is 2.72. The summed E-state index contributed by atoms with van der Waals surface area (Å²) in [6, 6.07) is 8.33. The predicted octanol–water partition coefficient (Wildman–Crippen LogP) is 2.81. The fourth-order valence-corrected chi connectivity index (χ4v) is 2.72. The van der Waals surface area contributed by atoms with Crippen molar-refractivity contribution >= 4 is 11.6 Å². The summed E-state index contributed by atoms with van der Waals surface area (Å²) in [5, 5.41) is 0. The smallest absolute Gasteiger partial charge is 0.242 e. The average molecular weight is 270 g/mol. The van der Waals surface area contributed by atoms with Gasteiger partial charge in [-0.1, -0.05) is 37.3 Å². The van der Waals surface area contributed by atoms with Crippen molar-refractivity contribution in [2.24, 2.45) is 0 Å². The van der Waals surface area contributed by atoms with E-state index < -0.39 is 0 Å². The molecule has 3 heteroatoms. The molecule has 0 spiro atoms. The van der Waals surface area contributed by atoms with Gasteiger partial charge in [-0.25, -0.2) is 0 Å². The second-order valence-corrected chi connectivity index (χ2v) is 5.22. The summed E-state index contributed by atoms with van der Waals surface area (Å²) in [7, 11) is 0. The molecule has 3 nitrogen and oxygen atoms in total. The van der Waals surface area contributed by atoms with Gasteiger partial charge in [-0.15, -0.1) is 13.2 Å². The molecule has 1 heterocycles. The van der Waals surface area contributed by atoms with E-state index in [1.54, 1.807) is 17.1 Å². The van der Waals surface area contributed by atoms with Crippen molar-refractivity contribution in [2.45, 2.75) is 12.8 Å². The Bertz CT molecular complexity index is 499. The Morgan fingerprint density at radius 2 is 2.00 bits per heavy atom. The van der Waals surface area contributed by atoms with Gasteiger partial charge in [0.25, 0.3) is 0 Å². The van der Waals surface area contributed by atoms with E-state index in [9.17, 15) is 4.79 Å². The number of hydrogen-bond donors (Lipinski definition) is 0. The van der Waals surface area contributed by atoms with E-state index in [-0.39, 0.29) is 5.91 Å². The number of fused-ring (bicyclic) bond motifs is 1. The lowest BCUT2D eigenvalue weighted by molar-refractivity contribution is -0.128. The molecule has 0 aliphatic carbocycles. The normalized spacial score (nSPS) is 16.6. The van der Waals surface area contributed by atoms with Crippen molar-refractivity contribution in [3.8, 4) is 0 Å². The molecule has 0 aromatic heterocycles. The first-order chi connectivity index (χ1) is 9.67. The summed E-state index contributed by atoms with van der Waals surface area (Å²) in [4.78, 5) is 16.3. The van der Waals surface area contributed by atoms with Gasteiger partial charge in [-0.05, 0) is 11.6 Å². The van der Waals surface area contributed by atoms with Gasteiger partial charge < -0.3 is 9.80 Å². The molecule has 106 valence electrons. The summed E-state index contributed by atoms with van der Waals surface area (Å²) in [5.74, 6) is 0.597. The van der Waals surface area contributed by atoms with Gasteiger partial charge in [-0.3, -0.25) is 4.79 Å². The maximum absolute atomic E-state index is 12.4. The number of anilines is 1. The molecular weight excluding hydrogens is 248 g/mol. The largest absolute Gasteiger partial charge is 0.361 e. The van der Waals surface area contributed by atoms with Crippen LogP contribution in [0.1, 0.15) is 18.4 Å².